The highest BCUT2D eigenvalue weighted by molar-refractivity contribution is 5.51. The van der Waals surface area contributed by atoms with E-state index in [-0.39, 0.29) is 12.1 Å². The summed E-state index contributed by atoms with van der Waals surface area (Å²) >= 11 is 0. The Bertz CT molecular complexity index is 436. The maximum Gasteiger partial charge on any atom is 0.164 e. The lowest BCUT2D eigenvalue weighted by atomic mass is 9.97. The van der Waals surface area contributed by atoms with Crippen molar-refractivity contribution in [1.29, 1.82) is 0 Å². The Morgan fingerprint density at radius 2 is 1.68 bits per heavy atom. The second kappa shape index (κ2) is 6.12. The van der Waals surface area contributed by atoms with Gasteiger partial charge in [-0.3, -0.25) is 0 Å². The van der Waals surface area contributed by atoms with Crippen molar-refractivity contribution in [1.82, 2.24) is 0 Å². The maximum absolute atomic E-state index is 6.00. The number of ether oxygens (including phenoxy) is 4. The summed E-state index contributed by atoms with van der Waals surface area (Å²) in [5.74, 6) is 2.04. The summed E-state index contributed by atoms with van der Waals surface area (Å²) in [6.07, 6.45) is 1.62. The second-order valence-corrected chi connectivity index (χ2v) is 4.59. The molecule has 2 rings (SSSR count). The first-order chi connectivity index (χ1) is 9.19. The molecule has 0 spiro atoms. The summed E-state index contributed by atoms with van der Waals surface area (Å²) in [7, 11) is 4.85. The molecule has 0 aromatic heterocycles. The topological polar surface area (TPSA) is 62.9 Å². The van der Waals surface area contributed by atoms with E-state index in [1.165, 1.54) is 0 Å². The van der Waals surface area contributed by atoms with Crippen molar-refractivity contribution in [2.75, 3.05) is 27.9 Å². The van der Waals surface area contributed by atoms with Crippen molar-refractivity contribution in [3.63, 3.8) is 0 Å². The van der Waals surface area contributed by atoms with Gasteiger partial charge in [0.2, 0.25) is 0 Å². The van der Waals surface area contributed by atoms with E-state index in [4.69, 9.17) is 24.7 Å². The van der Waals surface area contributed by atoms with Crippen molar-refractivity contribution in [3.05, 3.63) is 17.7 Å². The van der Waals surface area contributed by atoms with Crippen LogP contribution in [0.3, 0.4) is 0 Å². The SMILES string of the molecule is COc1cc(OC)c(C2CC(N)CCO2)cc1OC. The molecular weight excluding hydrogens is 246 g/mol. The van der Waals surface area contributed by atoms with E-state index in [1.54, 1.807) is 21.3 Å². The van der Waals surface area contributed by atoms with Crippen LogP contribution in [0, 0.1) is 0 Å². The lowest BCUT2D eigenvalue weighted by Crippen LogP contribution is -2.30. The highest BCUT2D eigenvalue weighted by Crippen LogP contribution is 2.40. The smallest absolute Gasteiger partial charge is 0.164 e. The van der Waals surface area contributed by atoms with Crippen molar-refractivity contribution in [3.8, 4) is 17.2 Å². The summed E-state index contributed by atoms with van der Waals surface area (Å²) in [5.41, 5.74) is 6.96. The van der Waals surface area contributed by atoms with Crippen molar-refractivity contribution in [2.45, 2.75) is 25.0 Å². The van der Waals surface area contributed by atoms with Gasteiger partial charge in [0.25, 0.3) is 0 Å². The molecule has 1 fully saturated rings. The van der Waals surface area contributed by atoms with Gasteiger partial charge in [-0.25, -0.2) is 0 Å². The predicted octanol–water partition coefficient (Wildman–Crippen LogP) is 1.89. The van der Waals surface area contributed by atoms with Crippen molar-refractivity contribution >= 4 is 0 Å². The average molecular weight is 267 g/mol. The van der Waals surface area contributed by atoms with Crippen LogP contribution in [0.2, 0.25) is 0 Å². The third-order valence-corrected chi connectivity index (χ3v) is 3.41. The van der Waals surface area contributed by atoms with E-state index in [0.29, 0.717) is 18.1 Å². The van der Waals surface area contributed by atoms with E-state index in [2.05, 4.69) is 0 Å². The fourth-order valence-corrected chi connectivity index (χ4v) is 2.34. The molecule has 0 bridgehead atoms. The zero-order chi connectivity index (χ0) is 13.8. The van der Waals surface area contributed by atoms with Crippen LogP contribution in [-0.2, 0) is 4.74 Å². The Morgan fingerprint density at radius 1 is 1.05 bits per heavy atom. The number of methoxy groups -OCH3 is 3. The molecule has 0 radical (unpaired) electrons. The van der Waals surface area contributed by atoms with E-state index < -0.39 is 0 Å². The number of hydrogen-bond donors (Lipinski definition) is 1. The van der Waals surface area contributed by atoms with Crippen LogP contribution in [0.4, 0.5) is 0 Å². The van der Waals surface area contributed by atoms with Gasteiger partial charge in [-0.15, -0.1) is 0 Å². The number of nitrogens with two attached hydrogens (primary N) is 1. The van der Waals surface area contributed by atoms with Gasteiger partial charge in [-0.05, 0) is 18.9 Å². The first-order valence-electron chi connectivity index (χ1n) is 6.36. The van der Waals surface area contributed by atoms with E-state index in [0.717, 1.165) is 24.2 Å². The molecule has 2 atom stereocenters. The van der Waals surface area contributed by atoms with Gasteiger partial charge in [-0.2, -0.15) is 0 Å². The number of hydrogen-bond acceptors (Lipinski definition) is 5. The highest BCUT2D eigenvalue weighted by Gasteiger charge is 2.25. The minimum atomic E-state index is -0.0569. The van der Waals surface area contributed by atoms with Crippen LogP contribution in [0.25, 0.3) is 0 Å². The Morgan fingerprint density at radius 3 is 2.26 bits per heavy atom. The molecule has 5 heteroatoms. The summed E-state index contributed by atoms with van der Waals surface area (Å²) < 4.78 is 21.8. The van der Waals surface area contributed by atoms with Crippen LogP contribution in [0.1, 0.15) is 24.5 Å². The van der Waals surface area contributed by atoms with Gasteiger partial charge >= 0.3 is 0 Å². The molecule has 0 amide bonds. The fourth-order valence-electron chi connectivity index (χ4n) is 2.34. The summed E-state index contributed by atoms with van der Waals surface area (Å²) in [6.45, 7) is 0.670. The normalized spacial score (nSPS) is 22.9. The van der Waals surface area contributed by atoms with Crippen molar-refractivity contribution < 1.29 is 18.9 Å². The molecule has 0 saturated carbocycles. The molecule has 1 aromatic carbocycles. The quantitative estimate of drug-likeness (QED) is 0.902. The van der Waals surface area contributed by atoms with E-state index in [1.807, 2.05) is 12.1 Å². The Kier molecular flexibility index (Phi) is 4.50. The van der Waals surface area contributed by atoms with Crippen LogP contribution in [-0.4, -0.2) is 34.0 Å². The molecule has 1 saturated heterocycles. The second-order valence-electron chi connectivity index (χ2n) is 4.59. The summed E-state index contributed by atoms with van der Waals surface area (Å²) in [5, 5.41) is 0. The Balaban J connectivity index is 2.37. The van der Waals surface area contributed by atoms with Crippen LogP contribution < -0.4 is 19.9 Å². The number of benzene rings is 1. The zero-order valence-electron chi connectivity index (χ0n) is 11.6. The molecule has 0 aliphatic carbocycles. The summed E-state index contributed by atoms with van der Waals surface area (Å²) in [4.78, 5) is 0. The standard InChI is InChI=1S/C14H21NO4/c1-16-11-8-14(18-3)13(17-2)7-10(11)12-6-9(15)4-5-19-12/h7-9,12H,4-6,15H2,1-3H3. The fraction of sp³-hybridized carbons (Fsp3) is 0.571. The van der Waals surface area contributed by atoms with Gasteiger partial charge in [0, 0.05) is 24.3 Å². The Labute approximate surface area is 113 Å². The minimum absolute atomic E-state index is 0.0569. The van der Waals surface area contributed by atoms with Gasteiger partial charge in [0.05, 0.1) is 27.4 Å². The highest BCUT2D eigenvalue weighted by atomic mass is 16.5. The molecule has 1 aromatic rings. The zero-order valence-corrected chi connectivity index (χ0v) is 11.6. The molecule has 2 N–H and O–H groups in total. The molecular formula is C14H21NO4. The third-order valence-electron chi connectivity index (χ3n) is 3.41. The molecule has 1 heterocycles. The molecule has 1 aliphatic heterocycles. The molecule has 2 unspecified atom stereocenters. The van der Waals surface area contributed by atoms with Crippen LogP contribution in [0.15, 0.2) is 12.1 Å². The third kappa shape index (κ3) is 2.93. The predicted molar refractivity (Wildman–Crippen MR) is 72.0 cm³/mol. The lowest BCUT2D eigenvalue weighted by molar-refractivity contribution is 0.00525. The molecule has 106 valence electrons. The van der Waals surface area contributed by atoms with Gasteiger partial charge in [-0.1, -0.05) is 0 Å². The Hall–Kier alpha value is -1.46. The van der Waals surface area contributed by atoms with Gasteiger partial charge < -0.3 is 24.7 Å². The van der Waals surface area contributed by atoms with E-state index >= 15 is 0 Å². The van der Waals surface area contributed by atoms with Crippen molar-refractivity contribution in [2.24, 2.45) is 5.73 Å². The monoisotopic (exact) mass is 267 g/mol. The molecule has 5 nitrogen and oxygen atoms in total. The first kappa shape index (κ1) is 14.0. The van der Waals surface area contributed by atoms with Crippen LogP contribution >= 0.6 is 0 Å². The van der Waals surface area contributed by atoms with E-state index in [9.17, 15) is 0 Å². The number of rotatable bonds is 4. The van der Waals surface area contributed by atoms with Crippen LogP contribution in [0.5, 0.6) is 17.2 Å². The minimum Gasteiger partial charge on any atom is -0.496 e. The molecule has 19 heavy (non-hydrogen) atoms. The maximum atomic E-state index is 6.00. The van der Waals surface area contributed by atoms with Gasteiger partial charge in [0.15, 0.2) is 11.5 Å². The first-order valence-corrected chi connectivity index (χ1v) is 6.36. The largest absolute Gasteiger partial charge is 0.496 e. The van der Waals surface area contributed by atoms with Gasteiger partial charge in [0.1, 0.15) is 5.75 Å². The average Bonchev–Trinajstić information content (AvgIpc) is 2.45. The lowest BCUT2D eigenvalue weighted by Gasteiger charge is -2.29. The molecule has 1 aliphatic rings. The summed E-state index contributed by atoms with van der Waals surface area (Å²) in [6, 6.07) is 3.88.